The van der Waals surface area contributed by atoms with Crippen molar-refractivity contribution in [2.45, 2.75) is 51.0 Å². The van der Waals surface area contributed by atoms with Crippen LogP contribution in [-0.2, 0) is 20.7 Å². The Balaban J connectivity index is 1.32. The summed E-state index contributed by atoms with van der Waals surface area (Å²) in [7, 11) is 0. The van der Waals surface area contributed by atoms with Crippen molar-refractivity contribution >= 4 is 11.8 Å². The third-order valence-electron chi connectivity index (χ3n) is 6.74. The van der Waals surface area contributed by atoms with Crippen LogP contribution in [0.2, 0.25) is 0 Å². The summed E-state index contributed by atoms with van der Waals surface area (Å²) in [6.45, 7) is 3.58. The van der Waals surface area contributed by atoms with Gasteiger partial charge in [-0.25, -0.2) is 4.39 Å². The number of benzene rings is 1. The van der Waals surface area contributed by atoms with Gasteiger partial charge < -0.3 is 19.6 Å². The predicted octanol–water partition coefficient (Wildman–Crippen LogP) is 2.48. The molecule has 3 fully saturated rings. The first-order chi connectivity index (χ1) is 13.9. The van der Waals surface area contributed by atoms with Gasteiger partial charge in [0.15, 0.2) is 11.6 Å². The number of ether oxygens (including phenoxy) is 1. The van der Waals surface area contributed by atoms with Crippen molar-refractivity contribution in [1.82, 2.24) is 9.80 Å². The number of rotatable bonds is 4. The molecule has 3 aliphatic heterocycles. The molecule has 29 heavy (non-hydrogen) atoms. The molecule has 0 unspecified atom stereocenters. The normalized spacial score (nSPS) is 24.3. The molecule has 3 saturated heterocycles. The maximum atomic E-state index is 13.5. The zero-order valence-corrected chi connectivity index (χ0v) is 16.7. The topological polar surface area (TPSA) is 70.1 Å². The van der Waals surface area contributed by atoms with Crippen molar-refractivity contribution in [3.63, 3.8) is 0 Å². The van der Waals surface area contributed by atoms with Crippen LogP contribution in [0.4, 0.5) is 4.39 Å². The predicted molar refractivity (Wildman–Crippen MR) is 105 cm³/mol. The summed E-state index contributed by atoms with van der Waals surface area (Å²) >= 11 is 0. The Labute approximate surface area is 170 Å². The number of likely N-dealkylation sites (tertiary alicyclic amines) is 2. The first-order valence-corrected chi connectivity index (χ1v) is 10.6. The van der Waals surface area contributed by atoms with Crippen LogP contribution in [-0.4, -0.2) is 65.6 Å². The third kappa shape index (κ3) is 4.55. The summed E-state index contributed by atoms with van der Waals surface area (Å²) < 4.78 is 19.2. The second-order valence-electron chi connectivity index (χ2n) is 8.75. The molecule has 0 saturated carbocycles. The molecule has 0 bridgehead atoms. The SMILES string of the molecule is O=C(Cc1ccc(O)c(F)c1)N1CCC2(CCC(=O)N(C[C@@H]3CCCO3)C2)CC1. The van der Waals surface area contributed by atoms with Crippen LogP contribution in [0, 0.1) is 11.2 Å². The largest absolute Gasteiger partial charge is 0.505 e. The van der Waals surface area contributed by atoms with E-state index in [1.807, 2.05) is 9.80 Å². The third-order valence-corrected chi connectivity index (χ3v) is 6.74. The van der Waals surface area contributed by atoms with Crippen molar-refractivity contribution in [3.05, 3.63) is 29.6 Å². The number of piperidine rings is 2. The minimum Gasteiger partial charge on any atom is -0.505 e. The van der Waals surface area contributed by atoms with Gasteiger partial charge in [-0.15, -0.1) is 0 Å². The molecule has 0 aromatic heterocycles. The molecule has 7 heteroatoms. The Morgan fingerprint density at radius 2 is 2.07 bits per heavy atom. The first-order valence-electron chi connectivity index (χ1n) is 10.6. The van der Waals surface area contributed by atoms with E-state index in [0.29, 0.717) is 31.6 Å². The fourth-order valence-corrected chi connectivity index (χ4v) is 4.89. The lowest BCUT2D eigenvalue weighted by Gasteiger charge is -2.47. The van der Waals surface area contributed by atoms with Crippen LogP contribution in [0.25, 0.3) is 0 Å². The zero-order chi connectivity index (χ0) is 20.4. The molecule has 1 aromatic rings. The van der Waals surface area contributed by atoms with Gasteiger partial charge in [0.05, 0.1) is 12.5 Å². The monoisotopic (exact) mass is 404 g/mol. The van der Waals surface area contributed by atoms with E-state index in [2.05, 4.69) is 0 Å². The molecule has 3 heterocycles. The Hall–Kier alpha value is -2.15. The van der Waals surface area contributed by atoms with Gasteiger partial charge in [0, 0.05) is 39.2 Å². The summed E-state index contributed by atoms with van der Waals surface area (Å²) in [6, 6.07) is 4.08. The Kier molecular flexibility index (Phi) is 5.76. The standard InChI is InChI=1S/C22H29FN2O4/c23-18-12-16(3-4-19(18)26)13-21(28)24-9-7-22(8-10-24)6-5-20(27)25(15-22)14-17-2-1-11-29-17/h3-4,12,17,26H,1-2,5-11,13-15H2/t17-/m0/s1. The minimum absolute atomic E-state index is 0.0203. The smallest absolute Gasteiger partial charge is 0.226 e. The van der Waals surface area contributed by atoms with Gasteiger partial charge >= 0.3 is 0 Å². The molecular formula is C22H29FN2O4. The van der Waals surface area contributed by atoms with E-state index in [1.54, 1.807) is 6.07 Å². The molecule has 4 rings (SSSR count). The number of halogens is 1. The Morgan fingerprint density at radius 1 is 1.28 bits per heavy atom. The number of carbonyl (C=O) groups excluding carboxylic acids is 2. The average Bonchev–Trinajstić information content (AvgIpc) is 3.21. The fraction of sp³-hybridized carbons (Fsp3) is 0.636. The van der Waals surface area contributed by atoms with E-state index in [4.69, 9.17) is 4.74 Å². The van der Waals surface area contributed by atoms with Gasteiger partial charge in [0.2, 0.25) is 11.8 Å². The summed E-state index contributed by atoms with van der Waals surface area (Å²) in [4.78, 5) is 28.9. The Morgan fingerprint density at radius 3 is 2.76 bits per heavy atom. The summed E-state index contributed by atoms with van der Waals surface area (Å²) in [5, 5.41) is 9.29. The molecule has 3 aliphatic rings. The second kappa shape index (κ2) is 8.30. The lowest BCUT2D eigenvalue weighted by atomic mass is 9.72. The zero-order valence-electron chi connectivity index (χ0n) is 16.7. The molecule has 0 radical (unpaired) electrons. The summed E-state index contributed by atoms with van der Waals surface area (Å²) in [5.74, 6) is -0.904. The molecule has 0 aliphatic carbocycles. The number of phenols is 1. The second-order valence-corrected chi connectivity index (χ2v) is 8.75. The van der Waals surface area contributed by atoms with E-state index in [-0.39, 0.29) is 29.8 Å². The van der Waals surface area contributed by atoms with Crippen LogP contribution in [0.15, 0.2) is 18.2 Å². The van der Waals surface area contributed by atoms with Crippen molar-refractivity contribution < 1.29 is 23.8 Å². The maximum absolute atomic E-state index is 13.5. The minimum atomic E-state index is -0.703. The van der Waals surface area contributed by atoms with Crippen molar-refractivity contribution in [2.75, 3.05) is 32.8 Å². The highest BCUT2D eigenvalue weighted by molar-refractivity contribution is 5.79. The van der Waals surface area contributed by atoms with Gasteiger partial charge in [-0.1, -0.05) is 6.07 Å². The Bertz CT molecular complexity index is 770. The fourth-order valence-electron chi connectivity index (χ4n) is 4.89. The molecule has 1 spiro atoms. The summed E-state index contributed by atoms with van der Waals surface area (Å²) in [5.41, 5.74) is 0.657. The van der Waals surface area contributed by atoms with Gasteiger partial charge in [-0.05, 0) is 55.2 Å². The van der Waals surface area contributed by atoms with Gasteiger partial charge in [0.25, 0.3) is 0 Å². The molecular weight excluding hydrogens is 375 g/mol. The van der Waals surface area contributed by atoms with Crippen LogP contribution in [0.3, 0.4) is 0 Å². The maximum Gasteiger partial charge on any atom is 0.226 e. The van der Waals surface area contributed by atoms with Gasteiger partial charge in [-0.3, -0.25) is 9.59 Å². The quantitative estimate of drug-likeness (QED) is 0.837. The highest BCUT2D eigenvalue weighted by Gasteiger charge is 2.42. The number of aromatic hydroxyl groups is 1. The lowest BCUT2D eigenvalue weighted by molar-refractivity contribution is -0.143. The van der Waals surface area contributed by atoms with E-state index in [0.717, 1.165) is 45.3 Å². The van der Waals surface area contributed by atoms with E-state index in [1.165, 1.54) is 12.1 Å². The summed E-state index contributed by atoms with van der Waals surface area (Å²) in [6.07, 6.45) is 5.63. The molecule has 2 amide bonds. The average molecular weight is 404 g/mol. The van der Waals surface area contributed by atoms with Gasteiger partial charge in [-0.2, -0.15) is 0 Å². The number of hydrogen-bond donors (Lipinski definition) is 1. The van der Waals surface area contributed by atoms with Crippen LogP contribution in [0.5, 0.6) is 5.75 Å². The van der Waals surface area contributed by atoms with Crippen molar-refractivity contribution in [2.24, 2.45) is 5.41 Å². The molecule has 1 aromatic carbocycles. The van der Waals surface area contributed by atoms with Gasteiger partial charge in [0.1, 0.15) is 0 Å². The number of nitrogens with zero attached hydrogens (tertiary/aromatic N) is 2. The van der Waals surface area contributed by atoms with Crippen molar-refractivity contribution in [3.8, 4) is 5.75 Å². The van der Waals surface area contributed by atoms with Crippen molar-refractivity contribution in [1.29, 1.82) is 0 Å². The lowest BCUT2D eigenvalue weighted by Crippen LogP contribution is -2.53. The number of amides is 2. The first kappa shape index (κ1) is 20.1. The van der Waals surface area contributed by atoms with Crippen LogP contribution < -0.4 is 0 Å². The highest BCUT2D eigenvalue weighted by Crippen LogP contribution is 2.40. The molecule has 1 atom stereocenters. The number of carbonyl (C=O) groups is 2. The van der Waals surface area contributed by atoms with Crippen LogP contribution >= 0.6 is 0 Å². The molecule has 6 nitrogen and oxygen atoms in total. The van der Waals surface area contributed by atoms with Crippen LogP contribution in [0.1, 0.15) is 44.1 Å². The van der Waals surface area contributed by atoms with E-state index < -0.39 is 11.6 Å². The highest BCUT2D eigenvalue weighted by atomic mass is 19.1. The molecule has 158 valence electrons. The van der Waals surface area contributed by atoms with E-state index in [9.17, 15) is 19.1 Å². The number of hydrogen-bond acceptors (Lipinski definition) is 4. The number of phenolic OH excluding ortho intramolecular Hbond substituents is 1. The van der Waals surface area contributed by atoms with E-state index >= 15 is 0 Å². The molecule has 1 N–H and O–H groups in total.